The van der Waals surface area contributed by atoms with Crippen LogP contribution in [0.5, 0.6) is 0 Å². The third kappa shape index (κ3) is 2.72. The van der Waals surface area contributed by atoms with E-state index in [9.17, 15) is 0 Å². The molecule has 0 fully saturated rings. The van der Waals surface area contributed by atoms with Crippen molar-refractivity contribution in [1.82, 2.24) is 15.0 Å². The van der Waals surface area contributed by atoms with Crippen molar-refractivity contribution in [2.24, 2.45) is 0 Å². The molecule has 1 rings (SSSR count). The molecule has 0 aliphatic carbocycles. The van der Waals surface area contributed by atoms with Crippen LogP contribution < -0.4 is 5.73 Å². The average molecular weight is 226 g/mol. The average Bonchev–Trinajstić information content (AvgIpc) is 2.56. The van der Waals surface area contributed by atoms with E-state index in [2.05, 4.69) is 38.0 Å². The maximum absolute atomic E-state index is 5.87. The van der Waals surface area contributed by atoms with E-state index in [1.165, 1.54) is 0 Å². The highest BCUT2D eigenvalue weighted by Gasteiger charge is 2.26. The van der Waals surface area contributed by atoms with Crippen LogP contribution in [0.15, 0.2) is 0 Å². The molecular weight excluding hydrogens is 204 g/mol. The Morgan fingerprint density at radius 3 is 2.56 bits per heavy atom. The smallest absolute Gasteiger partial charge is 0.169 e. The van der Waals surface area contributed by atoms with Crippen LogP contribution in [0.2, 0.25) is 0 Å². The summed E-state index contributed by atoms with van der Waals surface area (Å²) in [5.41, 5.74) is 6.82. The summed E-state index contributed by atoms with van der Waals surface area (Å²) >= 11 is 0. The highest BCUT2D eigenvalue weighted by molar-refractivity contribution is 5.38. The van der Waals surface area contributed by atoms with E-state index in [0.29, 0.717) is 12.4 Å². The van der Waals surface area contributed by atoms with Crippen molar-refractivity contribution < 1.29 is 4.74 Å². The van der Waals surface area contributed by atoms with E-state index in [1.54, 1.807) is 7.11 Å². The molecule has 5 nitrogen and oxygen atoms in total. The number of rotatable bonds is 4. The van der Waals surface area contributed by atoms with Crippen LogP contribution in [-0.4, -0.2) is 28.7 Å². The maximum atomic E-state index is 5.87. The van der Waals surface area contributed by atoms with Crippen molar-refractivity contribution in [3.05, 3.63) is 5.69 Å². The predicted molar refractivity (Wildman–Crippen MR) is 64.3 cm³/mol. The Balaban J connectivity index is 2.96. The highest BCUT2D eigenvalue weighted by atomic mass is 16.5. The number of nitrogens with zero attached hydrogens (tertiary/aromatic N) is 3. The molecule has 0 bridgehead atoms. The minimum Gasteiger partial charge on any atom is -0.385 e. The third-order valence-electron chi connectivity index (χ3n) is 2.59. The SMILES string of the molecule is COCCC(C)n1nnc(N)c1C(C)(C)C. The van der Waals surface area contributed by atoms with Crippen molar-refractivity contribution in [2.45, 2.75) is 45.6 Å². The van der Waals surface area contributed by atoms with Crippen molar-refractivity contribution >= 4 is 5.82 Å². The summed E-state index contributed by atoms with van der Waals surface area (Å²) in [4.78, 5) is 0. The lowest BCUT2D eigenvalue weighted by atomic mass is 9.91. The third-order valence-corrected chi connectivity index (χ3v) is 2.59. The molecule has 0 aliphatic heterocycles. The molecule has 0 saturated heterocycles. The molecule has 16 heavy (non-hydrogen) atoms. The molecule has 0 amide bonds. The zero-order chi connectivity index (χ0) is 12.3. The van der Waals surface area contributed by atoms with Crippen LogP contribution >= 0.6 is 0 Å². The van der Waals surface area contributed by atoms with Crippen LogP contribution in [-0.2, 0) is 10.2 Å². The van der Waals surface area contributed by atoms with Gasteiger partial charge in [-0.15, -0.1) is 5.10 Å². The Hall–Kier alpha value is -1.10. The van der Waals surface area contributed by atoms with E-state index in [1.807, 2.05) is 4.68 Å². The van der Waals surface area contributed by atoms with Crippen molar-refractivity contribution in [2.75, 3.05) is 19.5 Å². The van der Waals surface area contributed by atoms with Crippen LogP contribution in [0.25, 0.3) is 0 Å². The molecule has 1 heterocycles. The molecule has 0 aliphatic rings. The van der Waals surface area contributed by atoms with Gasteiger partial charge in [0, 0.05) is 19.1 Å². The predicted octanol–water partition coefficient (Wildman–Crippen LogP) is 1.76. The first-order valence-electron chi connectivity index (χ1n) is 5.58. The number of nitrogens with two attached hydrogens (primary N) is 1. The van der Waals surface area contributed by atoms with Gasteiger partial charge < -0.3 is 10.5 Å². The second kappa shape index (κ2) is 4.82. The summed E-state index contributed by atoms with van der Waals surface area (Å²) in [6.07, 6.45) is 0.905. The molecule has 92 valence electrons. The van der Waals surface area contributed by atoms with Crippen molar-refractivity contribution in [3.63, 3.8) is 0 Å². The van der Waals surface area contributed by atoms with Crippen molar-refractivity contribution in [1.29, 1.82) is 0 Å². The second-order valence-electron chi connectivity index (χ2n) is 5.15. The zero-order valence-corrected chi connectivity index (χ0v) is 10.8. The number of aromatic nitrogens is 3. The van der Waals surface area contributed by atoms with Gasteiger partial charge in [-0.3, -0.25) is 0 Å². The fourth-order valence-electron chi connectivity index (χ4n) is 1.75. The molecule has 0 spiro atoms. The van der Waals surface area contributed by atoms with Gasteiger partial charge in [-0.25, -0.2) is 4.68 Å². The minimum atomic E-state index is -0.0467. The summed E-state index contributed by atoms with van der Waals surface area (Å²) in [7, 11) is 1.70. The first kappa shape index (κ1) is 13.0. The summed E-state index contributed by atoms with van der Waals surface area (Å²) < 4.78 is 6.98. The van der Waals surface area contributed by atoms with E-state index in [4.69, 9.17) is 10.5 Å². The summed E-state index contributed by atoms with van der Waals surface area (Å²) in [6.45, 7) is 9.15. The van der Waals surface area contributed by atoms with Gasteiger partial charge in [0.05, 0.1) is 11.7 Å². The second-order valence-corrected chi connectivity index (χ2v) is 5.15. The van der Waals surface area contributed by atoms with Gasteiger partial charge in [-0.2, -0.15) is 0 Å². The molecule has 1 aromatic heterocycles. The number of methoxy groups -OCH3 is 1. The van der Waals surface area contributed by atoms with Gasteiger partial charge in [-0.1, -0.05) is 26.0 Å². The zero-order valence-electron chi connectivity index (χ0n) is 10.8. The molecule has 0 saturated carbocycles. The monoisotopic (exact) mass is 226 g/mol. The number of nitrogen functional groups attached to an aromatic ring is 1. The van der Waals surface area contributed by atoms with Crippen LogP contribution in [0.3, 0.4) is 0 Å². The Kier molecular flexibility index (Phi) is 3.91. The standard InChI is InChI=1S/C11H22N4O/c1-8(6-7-16-5)15-9(11(2,3)4)10(12)13-14-15/h8H,6-7,12H2,1-5H3. The van der Waals surface area contributed by atoms with E-state index in [0.717, 1.165) is 12.1 Å². The summed E-state index contributed by atoms with van der Waals surface area (Å²) in [5, 5.41) is 8.08. The van der Waals surface area contributed by atoms with Gasteiger partial charge >= 0.3 is 0 Å². The summed E-state index contributed by atoms with van der Waals surface area (Å²) in [6, 6.07) is 0.249. The van der Waals surface area contributed by atoms with Crippen LogP contribution in [0.1, 0.15) is 45.9 Å². The maximum Gasteiger partial charge on any atom is 0.169 e. The number of ether oxygens (including phenoxy) is 1. The Labute approximate surface area is 97.0 Å². The Morgan fingerprint density at radius 2 is 2.06 bits per heavy atom. The van der Waals surface area contributed by atoms with Crippen LogP contribution in [0.4, 0.5) is 5.82 Å². The molecule has 0 aromatic carbocycles. The lowest BCUT2D eigenvalue weighted by molar-refractivity contribution is 0.176. The van der Waals surface area contributed by atoms with E-state index >= 15 is 0 Å². The van der Waals surface area contributed by atoms with Gasteiger partial charge in [0.1, 0.15) is 0 Å². The Morgan fingerprint density at radius 1 is 1.44 bits per heavy atom. The molecular formula is C11H22N4O. The lowest BCUT2D eigenvalue weighted by Gasteiger charge is -2.23. The first-order chi connectivity index (χ1) is 7.38. The van der Waals surface area contributed by atoms with Gasteiger partial charge in [0.2, 0.25) is 0 Å². The van der Waals surface area contributed by atoms with Gasteiger partial charge in [-0.05, 0) is 13.3 Å². The largest absolute Gasteiger partial charge is 0.385 e. The quantitative estimate of drug-likeness (QED) is 0.849. The van der Waals surface area contributed by atoms with E-state index in [-0.39, 0.29) is 11.5 Å². The van der Waals surface area contributed by atoms with Crippen molar-refractivity contribution in [3.8, 4) is 0 Å². The fourth-order valence-corrected chi connectivity index (χ4v) is 1.75. The molecule has 1 unspecified atom stereocenters. The van der Waals surface area contributed by atoms with Gasteiger partial charge in [0.15, 0.2) is 5.82 Å². The minimum absolute atomic E-state index is 0.0467. The number of hydrogen-bond acceptors (Lipinski definition) is 4. The van der Waals surface area contributed by atoms with E-state index < -0.39 is 0 Å². The Bertz CT molecular complexity index is 340. The highest BCUT2D eigenvalue weighted by Crippen LogP contribution is 2.28. The summed E-state index contributed by atoms with van der Waals surface area (Å²) in [5.74, 6) is 0.525. The molecule has 5 heteroatoms. The number of anilines is 1. The molecule has 1 atom stereocenters. The molecule has 1 aromatic rings. The fraction of sp³-hybridized carbons (Fsp3) is 0.818. The molecule has 0 radical (unpaired) electrons. The van der Waals surface area contributed by atoms with Gasteiger partial charge in [0.25, 0.3) is 0 Å². The normalized spacial score (nSPS) is 14.1. The molecule has 2 N–H and O–H groups in total. The topological polar surface area (TPSA) is 66.0 Å². The first-order valence-corrected chi connectivity index (χ1v) is 5.58. The van der Waals surface area contributed by atoms with Crippen LogP contribution in [0, 0.1) is 0 Å². The number of hydrogen-bond donors (Lipinski definition) is 1. The lowest BCUT2D eigenvalue weighted by Crippen LogP contribution is -2.22.